The minimum absolute atomic E-state index is 0.0395. The van der Waals surface area contributed by atoms with Gasteiger partial charge in [-0.25, -0.2) is 0 Å². The molecule has 1 atom stereocenters. The van der Waals surface area contributed by atoms with Gasteiger partial charge in [-0.15, -0.1) is 0 Å². The summed E-state index contributed by atoms with van der Waals surface area (Å²) >= 11 is 0. The Morgan fingerprint density at radius 1 is 1.19 bits per heavy atom. The van der Waals surface area contributed by atoms with Gasteiger partial charge in [0.05, 0.1) is 26.4 Å². The summed E-state index contributed by atoms with van der Waals surface area (Å²) < 4.78 is 25.6. The van der Waals surface area contributed by atoms with Crippen LogP contribution in [0.2, 0.25) is 0 Å². The topological polar surface area (TPSA) is 86.6 Å². The maximum atomic E-state index is 9.99. The molecule has 0 aromatic carbocycles. The lowest BCUT2D eigenvalue weighted by atomic mass is 10.1. The van der Waals surface area contributed by atoms with Crippen molar-refractivity contribution in [3.63, 3.8) is 0 Å². The van der Waals surface area contributed by atoms with Gasteiger partial charge in [0.15, 0.2) is 0 Å². The average Bonchev–Trinajstić information content (AvgIpc) is 2.66. The lowest BCUT2D eigenvalue weighted by Gasteiger charge is -2.39. The van der Waals surface area contributed by atoms with Gasteiger partial charge < -0.3 is 33.6 Å². The molecule has 0 amide bonds. The second kappa shape index (κ2) is 4.57. The predicted octanol–water partition coefficient (Wildman–Crippen LogP) is -1.17. The van der Waals surface area contributed by atoms with Crippen LogP contribution in [0.5, 0.6) is 0 Å². The van der Waals surface area contributed by atoms with E-state index in [0.29, 0.717) is 6.42 Å². The van der Waals surface area contributed by atoms with Crippen molar-refractivity contribution in [1.82, 2.24) is 0 Å². The largest absolute Gasteiger partial charge is 0.649 e. The van der Waals surface area contributed by atoms with Crippen LogP contribution in [0.4, 0.5) is 0 Å². The molecule has 1 unspecified atom stereocenters. The van der Waals surface area contributed by atoms with Crippen LogP contribution in [0, 0.1) is 0 Å². The summed E-state index contributed by atoms with van der Waals surface area (Å²) in [5, 5.41) is 18.5. The van der Waals surface area contributed by atoms with Crippen molar-refractivity contribution in [1.29, 1.82) is 0 Å². The van der Waals surface area contributed by atoms with E-state index in [0.717, 1.165) is 0 Å². The first-order chi connectivity index (χ1) is 7.66. The number of fused-ring (bicyclic) bond motifs is 1. The Morgan fingerprint density at radius 3 is 2.56 bits per heavy atom. The highest BCUT2D eigenvalue weighted by atomic mass is 17.1. The van der Waals surface area contributed by atoms with Gasteiger partial charge in [0, 0.05) is 6.42 Å². The summed E-state index contributed by atoms with van der Waals surface area (Å²) in [7, 11) is -0.844. The lowest BCUT2D eigenvalue weighted by molar-refractivity contribution is -0.419. The third-order valence-electron chi connectivity index (χ3n) is 2.51. The zero-order chi connectivity index (χ0) is 11.6. The van der Waals surface area contributed by atoms with Gasteiger partial charge in [0.2, 0.25) is 5.79 Å². The summed E-state index contributed by atoms with van der Waals surface area (Å²) in [6.45, 7) is 2.40. The Labute approximate surface area is 93.4 Å². The van der Waals surface area contributed by atoms with Gasteiger partial charge in [-0.2, -0.15) is 0 Å². The number of rotatable bonds is 7. The van der Waals surface area contributed by atoms with Gasteiger partial charge in [-0.3, -0.25) is 0 Å². The lowest BCUT2D eigenvalue weighted by Crippen LogP contribution is -2.59. The molecule has 3 saturated heterocycles. The summed E-state index contributed by atoms with van der Waals surface area (Å²) in [4.78, 5) is 0. The molecule has 3 aliphatic rings. The van der Waals surface area contributed by atoms with E-state index in [-0.39, 0.29) is 26.4 Å². The fourth-order valence-corrected chi connectivity index (χ4v) is 1.61. The fourth-order valence-electron chi connectivity index (χ4n) is 1.61. The molecule has 8 heteroatoms. The minimum atomic E-state index is -1.56. The highest BCUT2D eigenvalue weighted by Gasteiger charge is 2.76. The van der Waals surface area contributed by atoms with Crippen molar-refractivity contribution < 1.29 is 33.6 Å². The van der Waals surface area contributed by atoms with Crippen molar-refractivity contribution in [2.75, 3.05) is 26.4 Å². The Kier molecular flexibility index (Phi) is 3.50. The smallest absolute Gasteiger partial charge is 0.394 e. The zero-order valence-electron chi connectivity index (χ0n) is 9.05. The molecule has 0 spiro atoms. The quantitative estimate of drug-likeness (QED) is 0.423. The minimum Gasteiger partial charge on any atom is -0.394 e. The molecule has 92 valence electrons. The monoisotopic (exact) mass is 234 g/mol. The van der Waals surface area contributed by atoms with Crippen molar-refractivity contribution >= 4 is 7.32 Å². The number of aliphatic hydroxyl groups excluding tert-OH is 1. The van der Waals surface area contributed by atoms with Crippen molar-refractivity contribution in [3.8, 4) is 0 Å². The Bertz CT molecular complexity index is 245. The summed E-state index contributed by atoms with van der Waals surface area (Å²) in [5.74, 6) is -3.08. The summed E-state index contributed by atoms with van der Waals surface area (Å²) in [6.07, 6.45) is 0.293. The van der Waals surface area contributed by atoms with Crippen LogP contribution in [0.1, 0.15) is 13.3 Å². The number of hydrogen-bond acceptors (Lipinski definition) is 7. The maximum absolute atomic E-state index is 9.99. The SMILES string of the molecule is CCC1(O)OB2OC1(OCCOCCO)O2. The first kappa shape index (κ1) is 12.2. The molecule has 3 rings (SSSR count). The van der Waals surface area contributed by atoms with Gasteiger partial charge in [-0.05, 0) is 0 Å². The average molecular weight is 234 g/mol. The maximum Gasteiger partial charge on any atom is 0.649 e. The van der Waals surface area contributed by atoms with Gasteiger partial charge in [0.1, 0.15) is 0 Å². The molecule has 0 aromatic rings. The van der Waals surface area contributed by atoms with Gasteiger partial charge in [-0.1, -0.05) is 6.92 Å². The predicted molar refractivity (Wildman–Crippen MR) is 50.8 cm³/mol. The molecule has 3 fully saturated rings. The third kappa shape index (κ3) is 1.86. The summed E-state index contributed by atoms with van der Waals surface area (Å²) in [6, 6.07) is 0. The van der Waals surface area contributed by atoms with E-state index in [1.54, 1.807) is 6.92 Å². The number of aliphatic hydroxyl groups is 2. The zero-order valence-corrected chi connectivity index (χ0v) is 9.05. The van der Waals surface area contributed by atoms with Crippen LogP contribution < -0.4 is 0 Å². The molecule has 0 aliphatic carbocycles. The molecule has 3 aliphatic heterocycles. The second-order valence-electron chi connectivity index (χ2n) is 3.52. The molecular formula is C8H15BO7. The van der Waals surface area contributed by atoms with Crippen LogP contribution >= 0.6 is 0 Å². The van der Waals surface area contributed by atoms with E-state index in [1.807, 2.05) is 0 Å². The van der Waals surface area contributed by atoms with E-state index in [4.69, 9.17) is 28.5 Å². The van der Waals surface area contributed by atoms with Crippen molar-refractivity contribution in [2.45, 2.75) is 25.1 Å². The molecule has 0 saturated carbocycles. The van der Waals surface area contributed by atoms with E-state index >= 15 is 0 Å². The standard InChI is InChI=1S/C8H15BO7/c1-2-7(11)8(15-9(14-7)16-8)13-6-5-12-4-3-10/h10-11H,2-6H2,1H3. The van der Waals surface area contributed by atoms with Crippen molar-refractivity contribution in [2.24, 2.45) is 0 Å². The highest BCUT2D eigenvalue weighted by Crippen LogP contribution is 2.49. The van der Waals surface area contributed by atoms with Crippen LogP contribution in [0.25, 0.3) is 0 Å². The molecule has 16 heavy (non-hydrogen) atoms. The molecule has 7 nitrogen and oxygen atoms in total. The van der Waals surface area contributed by atoms with E-state index in [9.17, 15) is 5.11 Å². The molecule has 2 bridgehead atoms. The first-order valence-electron chi connectivity index (χ1n) is 5.24. The number of ether oxygens (including phenoxy) is 2. The van der Waals surface area contributed by atoms with Crippen LogP contribution in [0.15, 0.2) is 0 Å². The molecule has 0 radical (unpaired) electrons. The van der Waals surface area contributed by atoms with Gasteiger partial charge >= 0.3 is 13.3 Å². The highest BCUT2D eigenvalue weighted by molar-refractivity contribution is 6.40. The Morgan fingerprint density at radius 2 is 1.94 bits per heavy atom. The number of hydrogen-bond donors (Lipinski definition) is 2. The van der Waals surface area contributed by atoms with Crippen LogP contribution in [0.3, 0.4) is 0 Å². The normalized spacial score (nSPS) is 36.6. The van der Waals surface area contributed by atoms with E-state index in [2.05, 4.69) is 0 Å². The second-order valence-corrected chi connectivity index (χ2v) is 3.52. The summed E-state index contributed by atoms with van der Waals surface area (Å²) in [5.41, 5.74) is 0. The van der Waals surface area contributed by atoms with Gasteiger partial charge in [0.25, 0.3) is 0 Å². The molecule has 0 aromatic heterocycles. The molecular weight excluding hydrogens is 219 g/mol. The first-order valence-corrected chi connectivity index (χ1v) is 5.24. The van der Waals surface area contributed by atoms with Crippen LogP contribution in [-0.4, -0.2) is 55.7 Å². The van der Waals surface area contributed by atoms with E-state index < -0.39 is 19.1 Å². The Balaban J connectivity index is 1.76. The third-order valence-corrected chi connectivity index (χ3v) is 2.51. The molecule has 3 heterocycles. The fraction of sp³-hybridized carbons (Fsp3) is 1.00. The van der Waals surface area contributed by atoms with E-state index in [1.165, 1.54) is 0 Å². The molecule has 2 N–H and O–H groups in total. The van der Waals surface area contributed by atoms with Crippen LogP contribution in [-0.2, 0) is 23.4 Å². The van der Waals surface area contributed by atoms with Crippen molar-refractivity contribution in [3.05, 3.63) is 0 Å². The Hall–Kier alpha value is -0.215.